The number of rotatable bonds is 4. The van der Waals surface area contributed by atoms with Crippen LogP contribution in [-0.2, 0) is 0 Å². The SMILES string of the molecule is C#C[CH2][SnH]([CH]=C=C)[CH2]C=C. The van der Waals surface area contributed by atoms with Crippen LogP contribution in [0.4, 0.5) is 0 Å². The molecule has 52 valence electrons. The minimum absolute atomic E-state index is 0.955. The van der Waals surface area contributed by atoms with Gasteiger partial charge in [0.15, 0.2) is 0 Å². The van der Waals surface area contributed by atoms with Crippen molar-refractivity contribution in [2.45, 2.75) is 8.87 Å². The van der Waals surface area contributed by atoms with E-state index in [1.165, 1.54) is 0 Å². The van der Waals surface area contributed by atoms with Crippen molar-refractivity contribution >= 4 is 19.8 Å². The van der Waals surface area contributed by atoms with Gasteiger partial charge in [-0.05, 0) is 0 Å². The molecule has 0 saturated carbocycles. The summed E-state index contributed by atoms with van der Waals surface area (Å²) >= 11 is -1.53. The van der Waals surface area contributed by atoms with E-state index in [9.17, 15) is 0 Å². The first-order chi connectivity index (χ1) is 4.85. The van der Waals surface area contributed by atoms with Crippen molar-refractivity contribution in [3.05, 3.63) is 29.1 Å². The fourth-order valence-electron chi connectivity index (χ4n) is 0.742. The fourth-order valence-corrected chi connectivity index (χ4v) is 4.98. The van der Waals surface area contributed by atoms with Gasteiger partial charge in [-0.15, -0.1) is 0 Å². The van der Waals surface area contributed by atoms with Crippen LogP contribution in [0.25, 0.3) is 0 Å². The van der Waals surface area contributed by atoms with Gasteiger partial charge in [0.2, 0.25) is 0 Å². The quantitative estimate of drug-likeness (QED) is 0.304. The molecule has 0 rings (SSSR count). The molecule has 0 saturated heterocycles. The summed E-state index contributed by atoms with van der Waals surface area (Å²) in [6.45, 7) is 7.21. The van der Waals surface area contributed by atoms with Crippen molar-refractivity contribution in [3.63, 3.8) is 0 Å². The Kier molecular flexibility index (Phi) is 6.48. The van der Waals surface area contributed by atoms with Crippen molar-refractivity contribution < 1.29 is 0 Å². The first-order valence-electron chi connectivity index (χ1n) is 3.25. The minimum atomic E-state index is -1.53. The van der Waals surface area contributed by atoms with Crippen molar-refractivity contribution in [3.8, 4) is 12.3 Å². The van der Waals surface area contributed by atoms with E-state index in [2.05, 4.69) is 28.9 Å². The maximum absolute atomic E-state index is 5.19. The summed E-state index contributed by atoms with van der Waals surface area (Å²) in [6, 6.07) is 0. The third kappa shape index (κ3) is 4.49. The van der Waals surface area contributed by atoms with E-state index in [-0.39, 0.29) is 0 Å². The molecular weight excluding hydrogens is 227 g/mol. The molecule has 0 radical (unpaired) electrons. The molecule has 1 heteroatoms. The van der Waals surface area contributed by atoms with Gasteiger partial charge in [0.25, 0.3) is 0 Å². The molecule has 0 aromatic rings. The second-order valence-electron chi connectivity index (χ2n) is 2.06. The van der Waals surface area contributed by atoms with Crippen molar-refractivity contribution in [2.24, 2.45) is 0 Å². The first kappa shape index (κ1) is 9.62. The molecule has 0 heterocycles. The van der Waals surface area contributed by atoms with Crippen LogP contribution in [0.15, 0.2) is 29.1 Å². The van der Waals surface area contributed by atoms with Gasteiger partial charge in [0, 0.05) is 0 Å². The number of hydrogen-bond donors (Lipinski definition) is 0. The summed E-state index contributed by atoms with van der Waals surface area (Å²) in [5, 5.41) is 0. The zero-order valence-corrected chi connectivity index (χ0v) is 9.43. The van der Waals surface area contributed by atoms with Crippen molar-refractivity contribution in [2.75, 3.05) is 0 Å². The number of hydrogen-bond acceptors (Lipinski definition) is 0. The summed E-state index contributed by atoms with van der Waals surface area (Å²) in [6.07, 6.45) is 7.14. The summed E-state index contributed by atoms with van der Waals surface area (Å²) in [5.41, 5.74) is 2.81. The Morgan fingerprint density at radius 1 is 1.60 bits per heavy atom. The molecule has 0 aromatic carbocycles. The number of allylic oxidation sites excluding steroid dienone is 1. The molecule has 0 N–H and O–H groups in total. The molecular formula is C9H12Sn. The summed E-state index contributed by atoms with van der Waals surface area (Å²) in [4.78, 5) is 0. The van der Waals surface area contributed by atoms with Gasteiger partial charge in [-0.3, -0.25) is 0 Å². The third-order valence-electron chi connectivity index (χ3n) is 1.20. The van der Waals surface area contributed by atoms with E-state index in [4.69, 9.17) is 6.42 Å². The van der Waals surface area contributed by atoms with Gasteiger partial charge in [0.1, 0.15) is 0 Å². The molecule has 1 atom stereocenters. The van der Waals surface area contributed by atoms with Gasteiger partial charge in [-0.1, -0.05) is 0 Å². The Hall–Kier alpha value is -0.381. The Balaban J connectivity index is 3.85. The van der Waals surface area contributed by atoms with Crippen LogP contribution in [0, 0.1) is 12.3 Å². The van der Waals surface area contributed by atoms with Crippen LogP contribution in [0.1, 0.15) is 0 Å². The average molecular weight is 239 g/mol. The molecule has 0 fully saturated rings. The first-order valence-corrected chi connectivity index (χ1v) is 9.81. The summed E-state index contributed by atoms with van der Waals surface area (Å²) < 4.78 is 4.17. The Bertz CT molecular complexity index is 179. The van der Waals surface area contributed by atoms with Crippen LogP contribution < -0.4 is 0 Å². The maximum atomic E-state index is 5.19. The molecule has 0 aliphatic rings. The van der Waals surface area contributed by atoms with Crippen molar-refractivity contribution in [1.82, 2.24) is 0 Å². The standard InChI is InChI=1S/C3H5.2C3H3.Sn.H/c3*1-3-2;;/h3H,1-2H2;2*1H,2H2;;. The van der Waals surface area contributed by atoms with Gasteiger partial charge in [-0.2, -0.15) is 0 Å². The molecule has 1 unspecified atom stereocenters. The van der Waals surface area contributed by atoms with Crippen molar-refractivity contribution in [1.29, 1.82) is 0 Å². The zero-order chi connectivity index (χ0) is 7.82. The molecule has 0 amide bonds. The van der Waals surface area contributed by atoms with Crippen LogP contribution in [0.3, 0.4) is 0 Å². The number of terminal acetylenes is 1. The van der Waals surface area contributed by atoms with E-state index >= 15 is 0 Å². The van der Waals surface area contributed by atoms with E-state index in [1.807, 2.05) is 6.08 Å². The Labute approximate surface area is 70.1 Å². The molecule has 0 nitrogen and oxygen atoms in total. The normalized spacial score (nSPS) is 10.7. The fraction of sp³-hybridized carbons (Fsp3) is 0.222. The summed E-state index contributed by atoms with van der Waals surface area (Å²) in [7, 11) is 0. The molecule has 0 spiro atoms. The monoisotopic (exact) mass is 240 g/mol. The molecule has 0 aliphatic carbocycles. The van der Waals surface area contributed by atoms with Crippen LogP contribution in [0.5, 0.6) is 0 Å². The van der Waals surface area contributed by atoms with E-state index in [1.54, 1.807) is 0 Å². The Morgan fingerprint density at radius 2 is 2.30 bits per heavy atom. The second kappa shape index (κ2) is 6.73. The van der Waals surface area contributed by atoms with Gasteiger partial charge in [0.05, 0.1) is 0 Å². The zero-order valence-electron chi connectivity index (χ0n) is 6.14. The molecule has 10 heavy (non-hydrogen) atoms. The van der Waals surface area contributed by atoms with E-state index < -0.39 is 19.8 Å². The predicted octanol–water partition coefficient (Wildman–Crippen LogP) is 1.91. The third-order valence-corrected chi connectivity index (χ3v) is 8.07. The molecule has 0 aliphatic heterocycles. The Morgan fingerprint density at radius 3 is 2.70 bits per heavy atom. The van der Waals surface area contributed by atoms with E-state index in [0.29, 0.717) is 0 Å². The van der Waals surface area contributed by atoms with Crippen LogP contribution in [0.2, 0.25) is 8.87 Å². The van der Waals surface area contributed by atoms with E-state index in [0.717, 1.165) is 8.87 Å². The predicted molar refractivity (Wildman–Crippen MR) is 49.5 cm³/mol. The van der Waals surface area contributed by atoms with Gasteiger partial charge in [-0.25, -0.2) is 0 Å². The average Bonchev–Trinajstić information content (AvgIpc) is 1.90. The van der Waals surface area contributed by atoms with Gasteiger partial charge < -0.3 is 0 Å². The second-order valence-corrected chi connectivity index (χ2v) is 9.86. The topological polar surface area (TPSA) is 0 Å². The molecule has 0 aromatic heterocycles. The summed E-state index contributed by atoms with van der Waals surface area (Å²) in [5.74, 6) is 2.68. The van der Waals surface area contributed by atoms with Gasteiger partial charge >= 0.3 is 70.0 Å². The van der Waals surface area contributed by atoms with Crippen LogP contribution >= 0.6 is 0 Å². The molecule has 0 bridgehead atoms. The van der Waals surface area contributed by atoms with Crippen LogP contribution in [-0.4, -0.2) is 19.8 Å².